The van der Waals surface area contributed by atoms with Crippen LogP contribution >= 0.6 is 0 Å². The Morgan fingerprint density at radius 2 is 1.52 bits per heavy atom. The molecule has 0 amide bonds. The Hall–Kier alpha value is -1.63. The Labute approximate surface area is 163 Å². The van der Waals surface area contributed by atoms with Crippen molar-refractivity contribution in [2.24, 2.45) is 11.8 Å². The van der Waals surface area contributed by atoms with E-state index >= 15 is 0 Å². The fourth-order valence-corrected chi connectivity index (χ4v) is 3.15. The van der Waals surface area contributed by atoms with Gasteiger partial charge in [0.05, 0.1) is 25.9 Å². The minimum atomic E-state index is -0.872. The van der Waals surface area contributed by atoms with Crippen LogP contribution in [0, 0.1) is 11.8 Å². The number of aliphatic carboxylic acids is 2. The molecule has 0 radical (unpaired) electrons. The molecule has 27 heavy (non-hydrogen) atoms. The number of nitrogens with zero attached hydrogens (tertiary/aromatic N) is 1. The van der Waals surface area contributed by atoms with Crippen LogP contribution in [0.3, 0.4) is 0 Å². The van der Waals surface area contributed by atoms with Crippen LogP contribution in [0.5, 0.6) is 0 Å². The second-order valence-electron chi connectivity index (χ2n) is 7.95. The molecule has 158 valence electrons. The Morgan fingerprint density at radius 1 is 0.926 bits per heavy atom. The Balaban J connectivity index is 4.21. The molecule has 7 heteroatoms. The monoisotopic (exact) mass is 388 g/mol. The minimum absolute atomic E-state index is 0.00889. The van der Waals surface area contributed by atoms with Crippen molar-refractivity contribution in [1.29, 1.82) is 0 Å². The third kappa shape index (κ3) is 12.4. The van der Waals surface area contributed by atoms with Crippen molar-refractivity contribution in [2.45, 2.75) is 65.2 Å². The van der Waals surface area contributed by atoms with E-state index in [1.54, 1.807) is 14.1 Å². The van der Waals surface area contributed by atoms with Gasteiger partial charge >= 0.3 is 17.9 Å². The van der Waals surface area contributed by atoms with Gasteiger partial charge in [-0.25, -0.2) is 4.79 Å². The molecule has 0 aromatic carbocycles. The Kier molecular flexibility index (Phi) is 12.7. The number of unbranched alkanes of at least 4 members (excludes halogenated alkanes) is 2. The average molecular weight is 389 g/mol. The number of carbonyl (C=O) groups is 3. The maximum atomic E-state index is 12.3. The molecule has 0 saturated heterocycles. The summed E-state index contributed by atoms with van der Waals surface area (Å²) < 4.78 is 5.66. The number of carboxylic acid groups (broad SMARTS) is 2. The van der Waals surface area contributed by atoms with Crippen LogP contribution in [0.25, 0.3) is 0 Å². The lowest BCUT2D eigenvalue weighted by Gasteiger charge is -2.27. The van der Waals surface area contributed by atoms with E-state index in [4.69, 9.17) is 14.9 Å². The topological polar surface area (TPSA) is 101 Å². The van der Waals surface area contributed by atoms with E-state index in [0.29, 0.717) is 19.4 Å². The first-order valence-electron chi connectivity index (χ1n) is 10.1. The van der Waals surface area contributed by atoms with Gasteiger partial charge in [0, 0.05) is 0 Å². The van der Waals surface area contributed by atoms with Crippen LogP contribution in [0.1, 0.15) is 65.2 Å². The van der Waals surface area contributed by atoms with E-state index in [9.17, 15) is 14.4 Å². The average Bonchev–Trinajstić information content (AvgIpc) is 2.55. The summed E-state index contributed by atoms with van der Waals surface area (Å²) in [4.78, 5) is 34.2. The summed E-state index contributed by atoms with van der Waals surface area (Å²) in [5.41, 5.74) is 0. The summed E-state index contributed by atoms with van der Waals surface area (Å²) in [5, 5.41) is 17.9. The largest absolute Gasteiger partial charge is 0.481 e. The number of carbonyl (C=O) groups excluding carboxylic acids is 1. The van der Waals surface area contributed by atoms with Crippen molar-refractivity contribution in [3.05, 3.63) is 0 Å². The molecular formula is C20H38NO6+. The zero-order valence-electron chi connectivity index (χ0n) is 17.4. The maximum absolute atomic E-state index is 12.3. The predicted octanol–water partition coefficient (Wildman–Crippen LogP) is 3.17. The molecule has 0 rings (SSSR count). The van der Waals surface area contributed by atoms with Crippen LogP contribution in [-0.2, 0) is 19.1 Å². The van der Waals surface area contributed by atoms with Gasteiger partial charge < -0.3 is 19.4 Å². The van der Waals surface area contributed by atoms with Crippen LogP contribution in [0.15, 0.2) is 0 Å². The second-order valence-corrected chi connectivity index (χ2v) is 7.95. The SMILES string of the molecule is CCCC(CCCCCC(CC)C(=O)O)C(=O)OCC[N+](C)(C)CC(=O)O. The molecular weight excluding hydrogens is 350 g/mol. The van der Waals surface area contributed by atoms with Crippen molar-refractivity contribution >= 4 is 17.9 Å². The molecule has 0 bridgehead atoms. The molecule has 0 heterocycles. The van der Waals surface area contributed by atoms with Gasteiger partial charge in [-0.2, -0.15) is 0 Å². The van der Waals surface area contributed by atoms with Crippen molar-refractivity contribution in [3.8, 4) is 0 Å². The smallest absolute Gasteiger partial charge is 0.359 e. The zero-order valence-corrected chi connectivity index (χ0v) is 17.4. The first-order chi connectivity index (χ1) is 12.6. The van der Waals surface area contributed by atoms with Crippen LogP contribution in [0.2, 0.25) is 0 Å². The van der Waals surface area contributed by atoms with Crippen molar-refractivity contribution < 1.29 is 33.8 Å². The van der Waals surface area contributed by atoms with Gasteiger partial charge in [-0.15, -0.1) is 0 Å². The molecule has 0 fully saturated rings. The Bertz CT molecular complexity index is 463. The van der Waals surface area contributed by atoms with Gasteiger partial charge in [0.1, 0.15) is 13.2 Å². The highest BCUT2D eigenvalue weighted by Gasteiger charge is 2.23. The maximum Gasteiger partial charge on any atom is 0.359 e. The molecule has 0 aromatic heterocycles. The van der Waals surface area contributed by atoms with Gasteiger partial charge in [-0.05, 0) is 25.7 Å². The number of hydrogen-bond acceptors (Lipinski definition) is 4. The summed E-state index contributed by atoms with van der Waals surface area (Å²) in [5.74, 6) is -2.21. The van der Waals surface area contributed by atoms with Crippen LogP contribution in [-0.4, -0.2) is 66.4 Å². The van der Waals surface area contributed by atoms with Crippen molar-refractivity contribution in [2.75, 3.05) is 33.8 Å². The molecule has 0 aliphatic carbocycles. The molecule has 0 saturated carbocycles. The number of hydrogen-bond donors (Lipinski definition) is 2. The number of likely N-dealkylation sites (N-methyl/N-ethyl adjacent to an activating group) is 1. The summed E-state index contributed by atoms with van der Waals surface area (Å²) in [6, 6.07) is 0. The number of ether oxygens (including phenoxy) is 1. The van der Waals surface area contributed by atoms with Gasteiger partial charge in [-0.3, -0.25) is 9.59 Å². The third-order valence-corrected chi connectivity index (χ3v) is 4.92. The lowest BCUT2D eigenvalue weighted by molar-refractivity contribution is -0.883. The molecule has 0 aliphatic rings. The first kappa shape index (κ1) is 25.4. The summed E-state index contributed by atoms with van der Waals surface area (Å²) in [6.07, 6.45) is 6.43. The van der Waals surface area contributed by atoms with Gasteiger partial charge in [0.2, 0.25) is 0 Å². The standard InChI is InChI=1S/C20H37NO6/c1-5-10-17(12-9-7-8-11-16(6-2)19(24)25)20(26)27-14-13-21(3,4)15-18(22)23/h16-17H,5-15H2,1-4H3,(H-,22,23,24,25)/p+1. The number of esters is 1. The third-order valence-electron chi connectivity index (χ3n) is 4.92. The normalized spacial score (nSPS) is 13.8. The van der Waals surface area contributed by atoms with E-state index in [2.05, 4.69) is 0 Å². The molecule has 0 aromatic rings. The molecule has 7 nitrogen and oxygen atoms in total. The van der Waals surface area contributed by atoms with E-state index in [0.717, 1.165) is 38.5 Å². The first-order valence-corrected chi connectivity index (χ1v) is 10.1. The van der Waals surface area contributed by atoms with Crippen LogP contribution < -0.4 is 0 Å². The summed E-state index contributed by atoms with van der Waals surface area (Å²) in [7, 11) is 3.60. The van der Waals surface area contributed by atoms with E-state index in [-0.39, 0.29) is 35.4 Å². The van der Waals surface area contributed by atoms with Crippen molar-refractivity contribution in [3.63, 3.8) is 0 Å². The second kappa shape index (κ2) is 13.5. The molecule has 2 N–H and O–H groups in total. The summed E-state index contributed by atoms with van der Waals surface area (Å²) >= 11 is 0. The Morgan fingerprint density at radius 3 is 2.00 bits per heavy atom. The molecule has 2 unspecified atom stereocenters. The lowest BCUT2D eigenvalue weighted by atomic mass is 9.94. The minimum Gasteiger partial charge on any atom is -0.481 e. The van der Waals surface area contributed by atoms with E-state index < -0.39 is 11.9 Å². The molecule has 0 aliphatic heterocycles. The number of quaternary nitrogens is 1. The fraction of sp³-hybridized carbons (Fsp3) is 0.850. The predicted molar refractivity (Wildman–Crippen MR) is 103 cm³/mol. The van der Waals surface area contributed by atoms with E-state index in [1.807, 2.05) is 13.8 Å². The highest BCUT2D eigenvalue weighted by atomic mass is 16.5. The van der Waals surface area contributed by atoms with E-state index in [1.165, 1.54) is 0 Å². The zero-order chi connectivity index (χ0) is 20.9. The number of carboxylic acids is 2. The van der Waals surface area contributed by atoms with Gasteiger partial charge in [0.15, 0.2) is 6.54 Å². The fourth-order valence-electron chi connectivity index (χ4n) is 3.15. The molecule has 0 spiro atoms. The lowest BCUT2D eigenvalue weighted by Crippen LogP contribution is -2.46. The van der Waals surface area contributed by atoms with Gasteiger partial charge in [0.25, 0.3) is 0 Å². The highest BCUT2D eigenvalue weighted by Crippen LogP contribution is 2.20. The molecule has 2 atom stereocenters. The summed E-state index contributed by atoms with van der Waals surface area (Å²) in [6.45, 7) is 4.60. The number of rotatable bonds is 16. The van der Waals surface area contributed by atoms with Gasteiger partial charge in [-0.1, -0.05) is 39.5 Å². The van der Waals surface area contributed by atoms with Crippen LogP contribution in [0.4, 0.5) is 0 Å². The quantitative estimate of drug-likeness (QED) is 0.239. The highest BCUT2D eigenvalue weighted by molar-refractivity contribution is 5.72. The van der Waals surface area contributed by atoms with Crippen molar-refractivity contribution in [1.82, 2.24) is 0 Å².